The summed E-state index contributed by atoms with van der Waals surface area (Å²) in [5.41, 5.74) is 0.00685. The van der Waals surface area contributed by atoms with Gasteiger partial charge in [0, 0.05) is 18.0 Å². The van der Waals surface area contributed by atoms with Crippen molar-refractivity contribution in [1.29, 1.82) is 0 Å². The second-order valence-corrected chi connectivity index (χ2v) is 5.04. The monoisotopic (exact) mass is 211 g/mol. The molecule has 1 aromatic rings. The van der Waals surface area contributed by atoms with Crippen LogP contribution in [-0.2, 0) is 4.74 Å². The lowest BCUT2D eigenvalue weighted by atomic mass is 10.0. The van der Waals surface area contributed by atoms with E-state index in [-0.39, 0.29) is 11.7 Å². The summed E-state index contributed by atoms with van der Waals surface area (Å²) < 4.78 is 6.12. The van der Waals surface area contributed by atoms with Gasteiger partial charge in [-0.15, -0.1) is 11.3 Å². The molecule has 0 saturated carbocycles. The molecule has 2 nitrogen and oxygen atoms in total. The van der Waals surface area contributed by atoms with Gasteiger partial charge in [0.2, 0.25) is 0 Å². The third-order valence-corrected chi connectivity index (χ3v) is 3.83. The van der Waals surface area contributed by atoms with Crippen LogP contribution in [0.1, 0.15) is 31.2 Å². The first-order valence-corrected chi connectivity index (χ1v) is 6.03. The minimum atomic E-state index is 0.00685. The maximum absolute atomic E-state index is 6.12. The number of hydrogen-bond acceptors (Lipinski definition) is 3. The minimum Gasteiger partial charge on any atom is -0.364 e. The molecular formula is C11H17NOS. The topological polar surface area (TPSA) is 21.3 Å². The van der Waals surface area contributed by atoms with Crippen LogP contribution in [0.3, 0.4) is 0 Å². The van der Waals surface area contributed by atoms with Crippen LogP contribution in [-0.4, -0.2) is 18.7 Å². The van der Waals surface area contributed by atoms with Gasteiger partial charge < -0.3 is 10.1 Å². The molecule has 2 unspecified atom stereocenters. The predicted octanol–water partition coefficient (Wildman–Crippen LogP) is 2.58. The van der Waals surface area contributed by atoms with E-state index in [1.165, 1.54) is 4.88 Å². The number of morpholine rings is 1. The van der Waals surface area contributed by atoms with Crippen molar-refractivity contribution in [2.24, 2.45) is 0 Å². The van der Waals surface area contributed by atoms with Gasteiger partial charge in [-0.25, -0.2) is 0 Å². The summed E-state index contributed by atoms with van der Waals surface area (Å²) in [6, 6.07) is 4.24. The van der Waals surface area contributed by atoms with Crippen molar-refractivity contribution < 1.29 is 4.74 Å². The van der Waals surface area contributed by atoms with Crippen LogP contribution in [0.2, 0.25) is 0 Å². The molecule has 78 valence electrons. The quantitative estimate of drug-likeness (QED) is 0.812. The molecule has 1 saturated heterocycles. The number of nitrogens with one attached hydrogen (secondary N) is 1. The van der Waals surface area contributed by atoms with Gasteiger partial charge >= 0.3 is 0 Å². The SMILES string of the molecule is CCC1(C)CNCC(c2cccs2)O1. The van der Waals surface area contributed by atoms with Crippen molar-refractivity contribution >= 4 is 11.3 Å². The van der Waals surface area contributed by atoms with Gasteiger partial charge in [0.05, 0.1) is 5.60 Å². The molecule has 14 heavy (non-hydrogen) atoms. The molecule has 0 spiro atoms. The maximum atomic E-state index is 6.12. The molecule has 0 bridgehead atoms. The first-order valence-electron chi connectivity index (χ1n) is 5.15. The highest BCUT2D eigenvalue weighted by atomic mass is 32.1. The van der Waals surface area contributed by atoms with Crippen LogP contribution in [0, 0.1) is 0 Å². The van der Waals surface area contributed by atoms with Gasteiger partial charge in [0.25, 0.3) is 0 Å². The van der Waals surface area contributed by atoms with E-state index in [0.29, 0.717) is 0 Å². The summed E-state index contributed by atoms with van der Waals surface area (Å²) in [6.45, 7) is 6.26. The Kier molecular flexibility index (Phi) is 2.91. The normalized spacial score (nSPS) is 33.1. The Morgan fingerprint density at radius 2 is 2.57 bits per heavy atom. The lowest BCUT2D eigenvalue weighted by Crippen LogP contribution is -2.48. The number of hydrogen-bond donors (Lipinski definition) is 1. The van der Waals surface area contributed by atoms with E-state index in [0.717, 1.165) is 19.5 Å². The minimum absolute atomic E-state index is 0.00685. The molecule has 0 amide bonds. The zero-order chi connectivity index (χ0) is 10.0. The highest BCUT2D eigenvalue weighted by molar-refractivity contribution is 7.10. The van der Waals surface area contributed by atoms with Crippen molar-refractivity contribution in [3.8, 4) is 0 Å². The molecule has 2 rings (SSSR count). The number of thiophene rings is 1. The third-order valence-electron chi connectivity index (χ3n) is 2.86. The zero-order valence-corrected chi connectivity index (χ0v) is 9.56. The average Bonchev–Trinajstić information content (AvgIpc) is 2.71. The fraction of sp³-hybridized carbons (Fsp3) is 0.636. The van der Waals surface area contributed by atoms with E-state index in [1.54, 1.807) is 11.3 Å². The van der Waals surface area contributed by atoms with E-state index < -0.39 is 0 Å². The second kappa shape index (κ2) is 4.01. The van der Waals surface area contributed by atoms with Crippen LogP contribution in [0.25, 0.3) is 0 Å². The average molecular weight is 211 g/mol. The highest BCUT2D eigenvalue weighted by Crippen LogP contribution is 2.31. The van der Waals surface area contributed by atoms with Gasteiger partial charge in [-0.3, -0.25) is 0 Å². The van der Waals surface area contributed by atoms with Crippen molar-refractivity contribution in [2.45, 2.75) is 32.0 Å². The maximum Gasteiger partial charge on any atom is 0.105 e. The lowest BCUT2D eigenvalue weighted by molar-refractivity contribution is -0.108. The molecule has 0 aromatic carbocycles. The third kappa shape index (κ3) is 2.00. The first kappa shape index (κ1) is 10.1. The molecule has 1 aliphatic heterocycles. The van der Waals surface area contributed by atoms with Crippen LogP contribution in [0.15, 0.2) is 17.5 Å². The van der Waals surface area contributed by atoms with Gasteiger partial charge in [-0.05, 0) is 24.8 Å². The standard InChI is InChI=1S/C11H17NOS/c1-3-11(2)8-12-7-9(13-11)10-5-4-6-14-10/h4-6,9,12H,3,7-8H2,1-2H3. The molecule has 2 atom stereocenters. The van der Waals surface area contributed by atoms with Crippen molar-refractivity contribution in [3.05, 3.63) is 22.4 Å². The Labute approximate surface area is 89.3 Å². The van der Waals surface area contributed by atoms with E-state index in [9.17, 15) is 0 Å². The molecular weight excluding hydrogens is 194 g/mol. The molecule has 3 heteroatoms. The van der Waals surface area contributed by atoms with Crippen LogP contribution in [0.5, 0.6) is 0 Å². The van der Waals surface area contributed by atoms with Crippen LogP contribution < -0.4 is 5.32 Å². The Bertz CT molecular complexity index is 285. The van der Waals surface area contributed by atoms with Gasteiger partial charge in [0.15, 0.2) is 0 Å². The molecule has 1 aliphatic rings. The molecule has 1 fully saturated rings. The van der Waals surface area contributed by atoms with E-state index >= 15 is 0 Å². The van der Waals surface area contributed by atoms with E-state index in [2.05, 4.69) is 36.7 Å². The summed E-state index contributed by atoms with van der Waals surface area (Å²) in [4.78, 5) is 1.33. The molecule has 2 heterocycles. The van der Waals surface area contributed by atoms with Crippen LogP contribution >= 0.6 is 11.3 Å². The van der Waals surface area contributed by atoms with Crippen molar-refractivity contribution in [2.75, 3.05) is 13.1 Å². The Morgan fingerprint density at radius 1 is 1.71 bits per heavy atom. The Hall–Kier alpha value is -0.380. The van der Waals surface area contributed by atoms with Gasteiger partial charge in [-0.2, -0.15) is 0 Å². The second-order valence-electron chi connectivity index (χ2n) is 4.06. The van der Waals surface area contributed by atoms with Crippen LogP contribution in [0.4, 0.5) is 0 Å². The fourth-order valence-corrected chi connectivity index (χ4v) is 2.49. The van der Waals surface area contributed by atoms with Gasteiger partial charge in [-0.1, -0.05) is 13.0 Å². The molecule has 0 radical (unpaired) electrons. The van der Waals surface area contributed by atoms with E-state index in [4.69, 9.17) is 4.74 Å². The summed E-state index contributed by atoms with van der Waals surface area (Å²) >= 11 is 1.78. The van der Waals surface area contributed by atoms with Gasteiger partial charge in [0.1, 0.15) is 6.10 Å². The highest BCUT2D eigenvalue weighted by Gasteiger charge is 2.32. The van der Waals surface area contributed by atoms with Crippen molar-refractivity contribution in [3.63, 3.8) is 0 Å². The Balaban J connectivity index is 2.08. The lowest BCUT2D eigenvalue weighted by Gasteiger charge is -2.38. The fourth-order valence-electron chi connectivity index (χ4n) is 1.74. The summed E-state index contributed by atoms with van der Waals surface area (Å²) in [7, 11) is 0. The first-order chi connectivity index (χ1) is 6.73. The summed E-state index contributed by atoms with van der Waals surface area (Å²) in [5, 5.41) is 5.55. The Morgan fingerprint density at radius 3 is 3.21 bits per heavy atom. The number of rotatable bonds is 2. The molecule has 1 N–H and O–H groups in total. The largest absolute Gasteiger partial charge is 0.364 e. The molecule has 1 aromatic heterocycles. The zero-order valence-electron chi connectivity index (χ0n) is 8.75. The summed E-state index contributed by atoms with van der Waals surface area (Å²) in [5.74, 6) is 0. The molecule has 0 aliphatic carbocycles. The predicted molar refractivity (Wildman–Crippen MR) is 59.7 cm³/mol. The number of ether oxygens (including phenoxy) is 1. The van der Waals surface area contributed by atoms with E-state index in [1.807, 2.05) is 0 Å². The smallest absolute Gasteiger partial charge is 0.105 e. The van der Waals surface area contributed by atoms with Crippen molar-refractivity contribution in [1.82, 2.24) is 5.32 Å². The summed E-state index contributed by atoms with van der Waals surface area (Å²) in [6.07, 6.45) is 1.30.